The number of hydrogen-bond acceptors (Lipinski definition) is 5. The van der Waals surface area contributed by atoms with Crippen LogP contribution < -0.4 is 4.28 Å². The van der Waals surface area contributed by atoms with Gasteiger partial charge < -0.3 is 4.90 Å². The summed E-state index contributed by atoms with van der Waals surface area (Å²) in [5.41, 5.74) is 3.38. The van der Waals surface area contributed by atoms with Gasteiger partial charge in [-0.05, 0) is 55.0 Å². The molecule has 4 rings (SSSR count). The highest BCUT2D eigenvalue weighted by Crippen LogP contribution is 2.45. The fraction of sp³-hybridized carbons (Fsp3) is 0.556. The van der Waals surface area contributed by atoms with Crippen molar-refractivity contribution in [2.75, 3.05) is 31.9 Å². The maximum atomic E-state index is 11.6. The van der Waals surface area contributed by atoms with Crippen molar-refractivity contribution in [1.29, 1.82) is 0 Å². The fourth-order valence-corrected chi connectivity index (χ4v) is 5.82. The Morgan fingerprint density at radius 3 is 2.88 bits per heavy atom. The van der Waals surface area contributed by atoms with E-state index in [1.165, 1.54) is 33.4 Å². The van der Waals surface area contributed by atoms with E-state index in [2.05, 4.69) is 24.3 Å². The smallest absolute Gasteiger partial charge is 0.302 e. The number of likely N-dealkylation sites (tertiary alicyclic amines) is 1. The van der Waals surface area contributed by atoms with Gasteiger partial charge in [-0.25, -0.2) is 0 Å². The van der Waals surface area contributed by atoms with Crippen molar-refractivity contribution in [2.24, 2.45) is 5.92 Å². The predicted molar refractivity (Wildman–Crippen MR) is 103 cm³/mol. The highest BCUT2D eigenvalue weighted by molar-refractivity contribution is 7.98. The summed E-state index contributed by atoms with van der Waals surface area (Å²) in [4.78, 5) is 2.49. The zero-order valence-corrected chi connectivity index (χ0v) is 16.4. The van der Waals surface area contributed by atoms with Crippen LogP contribution in [0.2, 0.25) is 0 Å². The quantitative estimate of drug-likeness (QED) is 0.815. The van der Waals surface area contributed by atoms with Crippen LogP contribution in [-0.2, 0) is 16.5 Å². The van der Waals surface area contributed by atoms with Crippen LogP contribution in [0.25, 0.3) is 10.9 Å². The normalized spacial score (nSPS) is 26.6. The number of fused-ring (bicyclic) bond motifs is 2. The number of likely N-dealkylation sites (N-methyl/N-ethyl adjacent to an activating group) is 1. The first-order valence-corrected chi connectivity index (χ1v) is 11.8. The molecule has 3 atom stereocenters. The average Bonchev–Trinajstić information content (AvgIpc) is 2.86. The van der Waals surface area contributed by atoms with Crippen molar-refractivity contribution in [2.45, 2.75) is 24.8 Å². The first kappa shape index (κ1) is 17.2. The molecule has 1 unspecified atom stereocenters. The molecule has 136 valence electrons. The molecule has 0 spiro atoms. The maximum absolute atomic E-state index is 11.6. The molecule has 25 heavy (non-hydrogen) atoms. The lowest BCUT2D eigenvalue weighted by molar-refractivity contribution is 0.121. The summed E-state index contributed by atoms with van der Waals surface area (Å²) in [6.07, 6.45) is 7.26. The van der Waals surface area contributed by atoms with Crippen LogP contribution in [0.3, 0.4) is 0 Å². The third kappa shape index (κ3) is 3.06. The molecule has 1 fully saturated rings. The highest BCUT2D eigenvalue weighted by atomic mass is 32.2. The lowest BCUT2D eigenvalue weighted by atomic mass is 9.73. The van der Waals surface area contributed by atoms with Gasteiger partial charge in [0.25, 0.3) is 0 Å². The van der Waals surface area contributed by atoms with E-state index >= 15 is 0 Å². The predicted octanol–water partition coefficient (Wildman–Crippen LogP) is 2.35. The van der Waals surface area contributed by atoms with Gasteiger partial charge >= 0.3 is 10.1 Å². The molecule has 0 amide bonds. The Morgan fingerprint density at radius 1 is 1.36 bits per heavy atom. The zero-order valence-electron chi connectivity index (χ0n) is 14.8. The van der Waals surface area contributed by atoms with E-state index in [4.69, 9.17) is 4.28 Å². The van der Waals surface area contributed by atoms with Crippen LogP contribution in [0, 0.1) is 5.92 Å². The molecule has 2 aromatic rings. The molecule has 7 heteroatoms. The van der Waals surface area contributed by atoms with Gasteiger partial charge in [-0.1, -0.05) is 12.1 Å². The van der Waals surface area contributed by atoms with E-state index in [0.717, 1.165) is 24.7 Å². The van der Waals surface area contributed by atoms with Gasteiger partial charge in [0, 0.05) is 30.1 Å². The average molecular weight is 381 g/mol. The van der Waals surface area contributed by atoms with E-state index in [0.29, 0.717) is 17.9 Å². The van der Waals surface area contributed by atoms with Crippen molar-refractivity contribution in [3.8, 4) is 0 Å². The lowest BCUT2D eigenvalue weighted by Gasteiger charge is -2.45. The Hall–Kier alpha value is -1.18. The third-order valence-electron chi connectivity index (χ3n) is 5.52. The molecule has 1 aliphatic carbocycles. The minimum absolute atomic E-state index is 0.477. The number of piperidine rings is 1. The topological polar surface area (TPSA) is 51.5 Å². The van der Waals surface area contributed by atoms with E-state index in [1.807, 2.05) is 30.1 Å². The summed E-state index contributed by atoms with van der Waals surface area (Å²) in [6.45, 7) is 1.13. The minimum Gasteiger partial charge on any atom is -0.302 e. The second-order valence-corrected chi connectivity index (χ2v) is 9.84. The summed E-state index contributed by atoms with van der Waals surface area (Å²) in [5, 5.41) is 1.19. The highest BCUT2D eigenvalue weighted by Gasteiger charge is 2.39. The summed E-state index contributed by atoms with van der Waals surface area (Å²) in [6, 6.07) is 6.65. The van der Waals surface area contributed by atoms with Crippen molar-refractivity contribution in [1.82, 2.24) is 9.63 Å². The Morgan fingerprint density at radius 2 is 2.16 bits per heavy atom. The Bertz CT molecular complexity index is 906. The second-order valence-electron chi connectivity index (χ2n) is 7.37. The number of hydrogen-bond donors (Lipinski definition) is 0. The summed E-state index contributed by atoms with van der Waals surface area (Å²) in [5.74, 6) is 2.39. The van der Waals surface area contributed by atoms with E-state index < -0.39 is 10.1 Å². The molecule has 1 aromatic heterocycles. The van der Waals surface area contributed by atoms with Crippen LogP contribution in [0.4, 0.5) is 0 Å². The molecule has 0 radical (unpaired) electrons. The zero-order chi connectivity index (χ0) is 17.8. The molecule has 5 nitrogen and oxygen atoms in total. The van der Waals surface area contributed by atoms with Crippen LogP contribution in [-0.4, -0.2) is 55.9 Å². The van der Waals surface area contributed by atoms with Crippen LogP contribution in [0.5, 0.6) is 0 Å². The molecule has 1 saturated heterocycles. The van der Waals surface area contributed by atoms with Crippen LogP contribution in [0.15, 0.2) is 24.4 Å². The minimum atomic E-state index is -3.56. The molecule has 2 aliphatic rings. The fourth-order valence-electron chi connectivity index (χ4n) is 4.69. The van der Waals surface area contributed by atoms with Gasteiger partial charge in [0.05, 0.1) is 11.8 Å². The standard InChI is InChI=1S/C18H24N2O3S2/c1-19-9-12(11-24-2)7-15-14-5-4-6-16-18(14)13(8-17(15)19)10-20(16)23-25(3,21)22/h4-6,10,12,15,17H,7-9,11H2,1-3H3/t12?,15-,17-/m1/s1. The van der Waals surface area contributed by atoms with Crippen molar-refractivity contribution in [3.63, 3.8) is 0 Å². The molecular formula is C18H24N2O3S2. The van der Waals surface area contributed by atoms with Crippen molar-refractivity contribution < 1.29 is 12.7 Å². The second kappa shape index (κ2) is 6.21. The third-order valence-corrected chi connectivity index (χ3v) is 6.75. The number of rotatable bonds is 4. The molecule has 1 aliphatic heterocycles. The van der Waals surface area contributed by atoms with E-state index in [1.54, 1.807) is 0 Å². The molecule has 0 N–H and O–H groups in total. The van der Waals surface area contributed by atoms with Gasteiger partial charge in [0.2, 0.25) is 0 Å². The van der Waals surface area contributed by atoms with Crippen LogP contribution >= 0.6 is 11.8 Å². The number of benzene rings is 1. The van der Waals surface area contributed by atoms with E-state index in [9.17, 15) is 8.42 Å². The lowest BCUT2D eigenvalue weighted by Crippen LogP contribution is -2.48. The Kier molecular flexibility index (Phi) is 4.29. The van der Waals surface area contributed by atoms with E-state index in [-0.39, 0.29) is 0 Å². The van der Waals surface area contributed by atoms with Gasteiger partial charge in [-0.15, -0.1) is 0 Å². The van der Waals surface area contributed by atoms with Crippen molar-refractivity contribution >= 4 is 32.8 Å². The number of aromatic nitrogens is 1. The SMILES string of the molecule is CSCC1C[C@@H]2c3cccc4c3c(cn4OS(C)(=O)=O)C[C@H]2N(C)C1. The molecular weight excluding hydrogens is 356 g/mol. The Labute approximate surface area is 153 Å². The van der Waals surface area contributed by atoms with Gasteiger partial charge in [-0.2, -0.15) is 24.9 Å². The first-order valence-electron chi connectivity index (χ1n) is 8.59. The maximum Gasteiger partial charge on any atom is 0.324 e. The van der Waals surface area contributed by atoms with Crippen molar-refractivity contribution in [3.05, 3.63) is 35.5 Å². The summed E-state index contributed by atoms with van der Waals surface area (Å²) >= 11 is 1.92. The first-order chi connectivity index (χ1) is 11.9. The molecule has 2 heterocycles. The molecule has 0 saturated carbocycles. The summed E-state index contributed by atoms with van der Waals surface area (Å²) in [7, 11) is -1.34. The number of thioether (sulfide) groups is 1. The van der Waals surface area contributed by atoms with Crippen LogP contribution in [0.1, 0.15) is 23.5 Å². The monoisotopic (exact) mass is 380 g/mol. The largest absolute Gasteiger partial charge is 0.324 e. The Balaban J connectivity index is 1.80. The molecule has 1 aromatic carbocycles. The van der Waals surface area contributed by atoms with Gasteiger partial charge in [-0.3, -0.25) is 4.28 Å². The molecule has 0 bridgehead atoms. The number of nitrogens with zero attached hydrogens (tertiary/aromatic N) is 2. The summed E-state index contributed by atoms with van der Waals surface area (Å²) < 4.78 is 29.8. The van der Waals surface area contributed by atoms with Gasteiger partial charge in [0.15, 0.2) is 0 Å². The van der Waals surface area contributed by atoms with Gasteiger partial charge in [0.1, 0.15) is 0 Å².